The number of hydrogen-bond acceptors (Lipinski definition) is 5. The maximum Gasteiger partial charge on any atom is 0.238 e. The number of nitrogens with zero attached hydrogens (tertiary/aromatic N) is 3. The van der Waals surface area contributed by atoms with E-state index in [0.29, 0.717) is 23.7 Å². The Kier molecular flexibility index (Phi) is 4.29. The Balaban J connectivity index is 2.24. The van der Waals surface area contributed by atoms with Crippen LogP contribution in [0.5, 0.6) is 5.75 Å². The zero-order chi connectivity index (χ0) is 15.6. The van der Waals surface area contributed by atoms with Gasteiger partial charge in [-0.3, -0.25) is 0 Å². The molecule has 21 heavy (non-hydrogen) atoms. The van der Waals surface area contributed by atoms with Gasteiger partial charge in [0.15, 0.2) is 5.82 Å². The molecule has 1 aromatic carbocycles. The molecule has 0 aliphatic carbocycles. The number of sulfonamides is 1. The fraction of sp³-hybridized carbons (Fsp3) is 0.385. The number of benzene rings is 1. The van der Waals surface area contributed by atoms with Crippen molar-refractivity contribution >= 4 is 10.0 Å². The second-order valence-electron chi connectivity index (χ2n) is 4.64. The SMILES string of the molecule is CCn1ncnc1COc1ccc(S(N)(=O)=O)c(C)c1C. The maximum absolute atomic E-state index is 11.5. The van der Waals surface area contributed by atoms with Gasteiger partial charge in [-0.05, 0) is 44.0 Å². The topological polar surface area (TPSA) is 100 Å². The van der Waals surface area contributed by atoms with Gasteiger partial charge in [0.2, 0.25) is 10.0 Å². The van der Waals surface area contributed by atoms with Crippen LogP contribution >= 0.6 is 0 Å². The third-order valence-corrected chi connectivity index (χ3v) is 4.40. The molecule has 0 radical (unpaired) electrons. The van der Waals surface area contributed by atoms with Gasteiger partial charge in [0.25, 0.3) is 0 Å². The molecule has 2 N–H and O–H groups in total. The van der Waals surface area contributed by atoms with Crippen LogP contribution in [-0.4, -0.2) is 23.2 Å². The number of primary sulfonamides is 1. The lowest BCUT2D eigenvalue weighted by Gasteiger charge is -2.13. The molecular formula is C13H18N4O3S. The summed E-state index contributed by atoms with van der Waals surface area (Å²) < 4.78 is 30.4. The van der Waals surface area contributed by atoms with Crippen molar-refractivity contribution in [1.82, 2.24) is 14.8 Å². The highest BCUT2D eigenvalue weighted by Gasteiger charge is 2.16. The quantitative estimate of drug-likeness (QED) is 0.892. The molecule has 1 aromatic heterocycles. The second-order valence-corrected chi connectivity index (χ2v) is 6.17. The first-order valence-electron chi connectivity index (χ1n) is 6.47. The molecule has 0 atom stereocenters. The predicted octanol–water partition coefficient (Wildman–Crippen LogP) is 1.14. The molecule has 114 valence electrons. The Morgan fingerprint density at radius 3 is 2.62 bits per heavy atom. The van der Waals surface area contributed by atoms with Crippen molar-refractivity contribution in [1.29, 1.82) is 0 Å². The van der Waals surface area contributed by atoms with Gasteiger partial charge in [-0.15, -0.1) is 0 Å². The number of rotatable bonds is 5. The highest BCUT2D eigenvalue weighted by atomic mass is 32.2. The molecular weight excluding hydrogens is 292 g/mol. The lowest BCUT2D eigenvalue weighted by Crippen LogP contribution is -2.14. The van der Waals surface area contributed by atoms with Crippen LogP contribution in [0.2, 0.25) is 0 Å². The lowest BCUT2D eigenvalue weighted by atomic mass is 10.1. The summed E-state index contributed by atoms with van der Waals surface area (Å²) >= 11 is 0. The van der Waals surface area contributed by atoms with Crippen molar-refractivity contribution in [2.75, 3.05) is 0 Å². The molecule has 0 saturated heterocycles. The Hall–Kier alpha value is -1.93. The Bertz CT molecular complexity index is 753. The van der Waals surface area contributed by atoms with Crippen LogP contribution in [0.1, 0.15) is 23.9 Å². The summed E-state index contributed by atoms with van der Waals surface area (Å²) in [5.41, 5.74) is 1.33. The summed E-state index contributed by atoms with van der Waals surface area (Å²) in [6.45, 7) is 6.44. The Labute approximate surface area is 123 Å². The van der Waals surface area contributed by atoms with E-state index in [-0.39, 0.29) is 11.5 Å². The minimum absolute atomic E-state index is 0.115. The van der Waals surface area contributed by atoms with Gasteiger partial charge in [-0.1, -0.05) is 0 Å². The zero-order valence-electron chi connectivity index (χ0n) is 12.2. The van der Waals surface area contributed by atoms with Gasteiger partial charge < -0.3 is 4.74 Å². The zero-order valence-corrected chi connectivity index (χ0v) is 13.0. The highest BCUT2D eigenvalue weighted by molar-refractivity contribution is 7.89. The van der Waals surface area contributed by atoms with Crippen LogP contribution in [0, 0.1) is 13.8 Å². The van der Waals surface area contributed by atoms with Crippen molar-refractivity contribution in [3.63, 3.8) is 0 Å². The number of hydrogen-bond donors (Lipinski definition) is 1. The third kappa shape index (κ3) is 3.22. The summed E-state index contributed by atoms with van der Waals surface area (Å²) in [5, 5.41) is 9.24. The van der Waals surface area contributed by atoms with E-state index < -0.39 is 10.0 Å². The first-order valence-corrected chi connectivity index (χ1v) is 8.01. The summed E-state index contributed by atoms with van der Waals surface area (Å²) in [7, 11) is -3.72. The molecule has 0 spiro atoms. The Morgan fingerprint density at radius 2 is 2.00 bits per heavy atom. The van der Waals surface area contributed by atoms with Crippen LogP contribution in [-0.2, 0) is 23.2 Å². The van der Waals surface area contributed by atoms with Gasteiger partial charge in [0.1, 0.15) is 18.7 Å². The van der Waals surface area contributed by atoms with E-state index in [1.54, 1.807) is 24.6 Å². The van der Waals surface area contributed by atoms with Crippen molar-refractivity contribution < 1.29 is 13.2 Å². The third-order valence-electron chi connectivity index (χ3n) is 3.35. The molecule has 2 aromatic rings. The van der Waals surface area contributed by atoms with Gasteiger partial charge in [0, 0.05) is 6.54 Å². The first kappa shape index (κ1) is 15.5. The molecule has 2 rings (SSSR count). The molecule has 0 amide bonds. The van der Waals surface area contributed by atoms with Gasteiger partial charge in [0.05, 0.1) is 4.90 Å². The largest absolute Gasteiger partial charge is 0.485 e. The average Bonchev–Trinajstić information content (AvgIpc) is 2.86. The smallest absolute Gasteiger partial charge is 0.238 e. The molecule has 0 unspecified atom stereocenters. The Morgan fingerprint density at radius 1 is 1.29 bits per heavy atom. The van der Waals surface area contributed by atoms with Crippen molar-refractivity contribution in [2.24, 2.45) is 5.14 Å². The highest BCUT2D eigenvalue weighted by Crippen LogP contribution is 2.26. The van der Waals surface area contributed by atoms with E-state index in [2.05, 4.69) is 10.1 Å². The molecule has 0 fully saturated rings. The van der Waals surface area contributed by atoms with Gasteiger partial charge >= 0.3 is 0 Å². The second kappa shape index (κ2) is 5.82. The minimum Gasteiger partial charge on any atom is -0.485 e. The molecule has 8 heteroatoms. The van der Waals surface area contributed by atoms with Crippen molar-refractivity contribution in [2.45, 2.75) is 38.8 Å². The molecule has 0 saturated carbocycles. The fourth-order valence-electron chi connectivity index (χ4n) is 2.04. The first-order chi connectivity index (χ1) is 9.84. The van der Waals surface area contributed by atoms with E-state index in [0.717, 1.165) is 5.56 Å². The van der Waals surface area contributed by atoms with Crippen LogP contribution in [0.15, 0.2) is 23.4 Å². The number of nitrogens with two attached hydrogens (primary N) is 1. The van der Waals surface area contributed by atoms with Crippen molar-refractivity contribution in [3.05, 3.63) is 35.4 Å². The normalized spacial score (nSPS) is 11.6. The number of ether oxygens (including phenoxy) is 1. The summed E-state index contributed by atoms with van der Waals surface area (Å²) in [6.07, 6.45) is 1.48. The van der Waals surface area contributed by atoms with Crippen LogP contribution < -0.4 is 9.88 Å². The van der Waals surface area contributed by atoms with Gasteiger partial charge in [-0.25, -0.2) is 23.2 Å². The predicted molar refractivity (Wildman–Crippen MR) is 77.3 cm³/mol. The summed E-state index contributed by atoms with van der Waals surface area (Å²) in [5.74, 6) is 1.32. The summed E-state index contributed by atoms with van der Waals surface area (Å²) in [6, 6.07) is 3.06. The van der Waals surface area contributed by atoms with E-state index in [4.69, 9.17) is 9.88 Å². The fourth-order valence-corrected chi connectivity index (χ4v) is 2.88. The molecule has 0 aliphatic rings. The van der Waals surface area contributed by atoms with Crippen LogP contribution in [0.3, 0.4) is 0 Å². The van der Waals surface area contributed by atoms with E-state index >= 15 is 0 Å². The monoisotopic (exact) mass is 310 g/mol. The molecule has 1 heterocycles. The molecule has 0 bridgehead atoms. The average molecular weight is 310 g/mol. The minimum atomic E-state index is -3.72. The molecule has 7 nitrogen and oxygen atoms in total. The standard InChI is InChI=1S/C13H18N4O3S/c1-4-17-13(15-8-16-17)7-20-11-5-6-12(21(14,18)19)10(3)9(11)2/h5-6,8H,4,7H2,1-3H3,(H2,14,18,19). The number of aromatic nitrogens is 3. The van der Waals surface area contributed by atoms with E-state index in [1.807, 2.05) is 6.92 Å². The number of aryl methyl sites for hydroxylation is 1. The summed E-state index contributed by atoms with van der Waals surface area (Å²) in [4.78, 5) is 4.24. The molecule has 0 aliphatic heterocycles. The van der Waals surface area contributed by atoms with E-state index in [1.165, 1.54) is 12.4 Å². The van der Waals surface area contributed by atoms with Gasteiger partial charge in [-0.2, -0.15) is 5.10 Å². The van der Waals surface area contributed by atoms with E-state index in [9.17, 15) is 8.42 Å². The van der Waals surface area contributed by atoms with Crippen LogP contribution in [0.4, 0.5) is 0 Å². The van der Waals surface area contributed by atoms with Crippen molar-refractivity contribution in [3.8, 4) is 5.75 Å². The maximum atomic E-state index is 11.5. The lowest BCUT2D eigenvalue weighted by molar-refractivity contribution is 0.285. The van der Waals surface area contributed by atoms with Crippen LogP contribution in [0.25, 0.3) is 0 Å².